The topological polar surface area (TPSA) is 50.2 Å². The number of aliphatic carboxylic acids is 1. The van der Waals surface area contributed by atoms with Crippen molar-refractivity contribution in [3.63, 3.8) is 0 Å². The van der Waals surface area contributed by atoms with Gasteiger partial charge in [-0.1, -0.05) is 71.7 Å². The van der Waals surface area contributed by atoms with Gasteiger partial charge in [-0.15, -0.1) is 0 Å². The molecule has 4 rings (SSSR count). The van der Waals surface area contributed by atoms with Gasteiger partial charge < -0.3 is 5.11 Å². The number of pyridine rings is 1. The second kappa shape index (κ2) is 7.18. The summed E-state index contributed by atoms with van der Waals surface area (Å²) in [4.78, 5) is 16.5. The number of aromatic nitrogens is 1. The van der Waals surface area contributed by atoms with E-state index in [1.807, 2.05) is 42.5 Å². The molecule has 0 aliphatic heterocycles. The van der Waals surface area contributed by atoms with E-state index in [-0.39, 0.29) is 5.92 Å². The fourth-order valence-corrected chi connectivity index (χ4v) is 4.01. The van der Waals surface area contributed by atoms with Gasteiger partial charge in [0.15, 0.2) is 0 Å². The van der Waals surface area contributed by atoms with Gasteiger partial charge in [-0.2, -0.15) is 0 Å². The van der Waals surface area contributed by atoms with Gasteiger partial charge in [0.25, 0.3) is 0 Å². The van der Waals surface area contributed by atoms with E-state index in [0.717, 1.165) is 22.3 Å². The smallest absolute Gasteiger partial charge is 0.311 e. The summed E-state index contributed by atoms with van der Waals surface area (Å²) in [7, 11) is 0. The number of hydrogen-bond donors (Lipinski definition) is 1. The summed E-state index contributed by atoms with van der Waals surface area (Å²) < 4.78 is 0. The number of allylic oxidation sites excluding steroid dienone is 1. The van der Waals surface area contributed by atoms with Crippen molar-refractivity contribution in [2.45, 2.75) is 11.8 Å². The maximum absolute atomic E-state index is 12.3. The van der Waals surface area contributed by atoms with Crippen molar-refractivity contribution < 1.29 is 9.90 Å². The predicted molar refractivity (Wildman–Crippen MR) is 108 cm³/mol. The number of rotatable bonds is 4. The fraction of sp³-hybridized carbons (Fsp3) is 0.0909. The van der Waals surface area contributed by atoms with E-state index in [1.54, 1.807) is 30.5 Å². The first-order valence-electron chi connectivity index (χ1n) is 8.45. The molecule has 0 radical (unpaired) electrons. The highest BCUT2D eigenvalue weighted by Gasteiger charge is 2.38. The molecule has 3 nitrogen and oxygen atoms in total. The van der Waals surface area contributed by atoms with E-state index in [4.69, 9.17) is 23.2 Å². The van der Waals surface area contributed by atoms with Gasteiger partial charge in [-0.25, -0.2) is 4.98 Å². The van der Waals surface area contributed by atoms with Crippen LogP contribution in [0.25, 0.3) is 11.6 Å². The molecule has 1 aliphatic rings. The molecular weight excluding hydrogens is 381 g/mol. The van der Waals surface area contributed by atoms with Gasteiger partial charge in [0, 0.05) is 17.1 Å². The maximum Gasteiger partial charge on any atom is 0.311 e. The second-order valence-corrected chi connectivity index (χ2v) is 7.27. The molecule has 134 valence electrons. The molecule has 2 unspecified atom stereocenters. The molecule has 5 heteroatoms. The number of nitrogens with zero attached hydrogens (tertiary/aromatic N) is 1. The molecule has 27 heavy (non-hydrogen) atoms. The van der Waals surface area contributed by atoms with Crippen molar-refractivity contribution in [3.05, 3.63) is 99.3 Å². The quantitative estimate of drug-likeness (QED) is 0.559. The van der Waals surface area contributed by atoms with Crippen LogP contribution in [0.3, 0.4) is 0 Å². The first-order valence-corrected chi connectivity index (χ1v) is 9.21. The fourth-order valence-electron chi connectivity index (χ4n) is 3.70. The van der Waals surface area contributed by atoms with Crippen molar-refractivity contribution in [2.75, 3.05) is 0 Å². The van der Waals surface area contributed by atoms with Crippen molar-refractivity contribution in [1.29, 1.82) is 0 Å². The number of hydrogen-bond acceptors (Lipinski definition) is 2. The highest BCUT2D eigenvalue weighted by atomic mass is 35.5. The summed E-state index contributed by atoms with van der Waals surface area (Å²) >= 11 is 12.1. The molecule has 2 aromatic carbocycles. The van der Waals surface area contributed by atoms with Crippen LogP contribution in [0, 0.1) is 0 Å². The molecule has 0 saturated heterocycles. The summed E-state index contributed by atoms with van der Waals surface area (Å²) in [5.41, 5.74) is 4.43. The van der Waals surface area contributed by atoms with Gasteiger partial charge in [-0.05, 0) is 46.0 Å². The third-order valence-electron chi connectivity index (χ3n) is 4.85. The molecule has 1 heterocycles. The average Bonchev–Trinajstić information content (AvgIpc) is 3.02. The Labute approximate surface area is 166 Å². The highest BCUT2D eigenvalue weighted by Crippen LogP contribution is 2.49. The largest absolute Gasteiger partial charge is 0.481 e. The van der Waals surface area contributed by atoms with E-state index < -0.39 is 11.9 Å². The van der Waals surface area contributed by atoms with Crippen molar-refractivity contribution >= 4 is 40.8 Å². The van der Waals surface area contributed by atoms with Crippen molar-refractivity contribution in [2.24, 2.45) is 0 Å². The molecule has 0 spiro atoms. The van der Waals surface area contributed by atoms with Crippen molar-refractivity contribution in [1.82, 2.24) is 4.98 Å². The second-order valence-electron chi connectivity index (χ2n) is 6.45. The van der Waals surface area contributed by atoms with Gasteiger partial charge >= 0.3 is 5.97 Å². The lowest BCUT2D eigenvalue weighted by Gasteiger charge is -2.25. The van der Waals surface area contributed by atoms with Gasteiger partial charge in [0.2, 0.25) is 0 Å². The molecule has 0 amide bonds. The molecule has 1 aliphatic carbocycles. The van der Waals surface area contributed by atoms with Crippen molar-refractivity contribution in [3.8, 4) is 0 Å². The van der Waals surface area contributed by atoms with Crippen LogP contribution in [-0.4, -0.2) is 16.1 Å². The molecular formula is C22H15Cl2NO2. The summed E-state index contributed by atoms with van der Waals surface area (Å²) in [6, 6.07) is 18.5. The average molecular weight is 396 g/mol. The van der Waals surface area contributed by atoms with E-state index >= 15 is 0 Å². The highest BCUT2D eigenvalue weighted by molar-refractivity contribution is 6.30. The lowest BCUT2D eigenvalue weighted by Crippen LogP contribution is -2.20. The Morgan fingerprint density at radius 2 is 1.85 bits per heavy atom. The van der Waals surface area contributed by atoms with Crippen LogP contribution < -0.4 is 0 Å². The maximum atomic E-state index is 12.3. The van der Waals surface area contributed by atoms with Crippen LogP contribution in [0.5, 0.6) is 0 Å². The zero-order valence-corrected chi connectivity index (χ0v) is 15.7. The molecule has 1 N–H and O–H groups in total. The summed E-state index contributed by atoms with van der Waals surface area (Å²) in [5, 5.41) is 11.0. The van der Waals surface area contributed by atoms with E-state index in [1.165, 1.54) is 0 Å². The summed E-state index contributed by atoms with van der Waals surface area (Å²) in [6.07, 6.45) is 3.72. The number of halogens is 2. The lowest BCUT2D eigenvalue weighted by atomic mass is 9.77. The molecule has 0 saturated carbocycles. The number of benzene rings is 2. The Morgan fingerprint density at radius 1 is 1.04 bits per heavy atom. The lowest BCUT2D eigenvalue weighted by molar-refractivity contribution is -0.139. The van der Waals surface area contributed by atoms with Gasteiger partial charge in [0.1, 0.15) is 5.15 Å². The third-order valence-corrected chi connectivity index (χ3v) is 5.30. The Bertz CT molecular complexity index is 1040. The SMILES string of the molecule is O=C(O)C(c1cccc(Cl)c1)C1C(c2ccc(Cl)nc2)=Cc2ccccc21. The monoisotopic (exact) mass is 395 g/mol. The molecule has 0 fully saturated rings. The van der Waals surface area contributed by atoms with Crippen LogP contribution in [0.4, 0.5) is 0 Å². The van der Waals surface area contributed by atoms with Crippen LogP contribution >= 0.6 is 23.2 Å². The standard InChI is InChI=1S/C22H15Cl2NO2/c23-16-6-3-5-14(10-16)20(22(26)27)21-17-7-2-1-4-13(17)11-18(21)15-8-9-19(24)25-12-15/h1-12,20-21H,(H,26,27). The zero-order valence-electron chi connectivity index (χ0n) is 14.1. The Kier molecular flexibility index (Phi) is 4.73. The number of carboxylic acid groups (broad SMARTS) is 1. The minimum absolute atomic E-state index is 0.347. The first kappa shape index (κ1) is 17.8. The first-order chi connectivity index (χ1) is 13.0. The van der Waals surface area contributed by atoms with E-state index in [2.05, 4.69) is 4.98 Å². The molecule has 1 aromatic heterocycles. The minimum Gasteiger partial charge on any atom is -0.481 e. The van der Waals surface area contributed by atoms with Crippen LogP contribution in [0.2, 0.25) is 10.2 Å². The Morgan fingerprint density at radius 3 is 2.56 bits per heavy atom. The van der Waals surface area contributed by atoms with Crippen LogP contribution in [0.1, 0.15) is 34.1 Å². The summed E-state index contributed by atoms with van der Waals surface area (Å²) in [5.74, 6) is -2.01. The summed E-state index contributed by atoms with van der Waals surface area (Å²) in [6.45, 7) is 0. The van der Waals surface area contributed by atoms with Crippen LogP contribution in [0.15, 0.2) is 66.9 Å². The third kappa shape index (κ3) is 3.36. The van der Waals surface area contributed by atoms with Gasteiger partial charge in [0.05, 0.1) is 5.92 Å². The zero-order chi connectivity index (χ0) is 19.0. The minimum atomic E-state index is -0.896. The van der Waals surface area contributed by atoms with Gasteiger partial charge in [-0.3, -0.25) is 4.79 Å². The molecule has 2 atom stereocenters. The molecule has 0 bridgehead atoms. The molecule has 3 aromatic rings. The van der Waals surface area contributed by atoms with E-state index in [0.29, 0.717) is 15.7 Å². The Balaban J connectivity index is 1.89. The normalized spacial score (nSPS) is 16.5. The number of fused-ring (bicyclic) bond motifs is 1. The van der Waals surface area contributed by atoms with Crippen LogP contribution in [-0.2, 0) is 4.79 Å². The number of carbonyl (C=O) groups is 1. The Hall–Kier alpha value is -2.62. The number of carboxylic acids is 1. The predicted octanol–water partition coefficient (Wildman–Crippen LogP) is 5.89. The van der Waals surface area contributed by atoms with E-state index in [9.17, 15) is 9.90 Å².